The van der Waals surface area contributed by atoms with E-state index in [4.69, 9.17) is 0 Å². The van der Waals surface area contributed by atoms with Gasteiger partial charge in [0.15, 0.2) is 0 Å². The van der Waals surface area contributed by atoms with Gasteiger partial charge < -0.3 is 5.32 Å². The van der Waals surface area contributed by atoms with Crippen molar-refractivity contribution in [3.05, 3.63) is 35.9 Å². The van der Waals surface area contributed by atoms with Crippen LogP contribution in [0.4, 0.5) is 0 Å². The predicted octanol–water partition coefficient (Wildman–Crippen LogP) is 1.85. The van der Waals surface area contributed by atoms with Gasteiger partial charge in [-0.3, -0.25) is 9.00 Å². The molecule has 17 heavy (non-hydrogen) atoms. The summed E-state index contributed by atoms with van der Waals surface area (Å²) in [5, 5.41) is 2.31. The molecule has 3 nitrogen and oxygen atoms in total. The highest BCUT2D eigenvalue weighted by Gasteiger charge is 2.19. The lowest BCUT2D eigenvalue weighted by atomic mass is 10.2. The Morgan fingerprint density at radius 3 is 2.59 bits per heavy atom. The maximum Gasteiger partial charge on any atom is 0.235 e. The van der Waals surface area contributed by atoms with Crippen LogP contribution in [0.3, 0.4) is 0 Å². The first-order valence-electron chi connectivity index (χ1n) is 5.84. The molecule has 0 saturated carbocycles. The summed E-state index contributed by atoms with van der Waals surface area (Å²) in [6.45, 7) is 4.35. The number of nitrogens with one attached hydrogen (secondary N) is 1. The first-order chi connectivity index (χ1) is 8.15. The number of hydrogen-bond acceptors (Lipinski definition) is 2. The number of rotatable bonds is 6. The quantitative estimate of drug-likeness (QED) is 0.841. The second-order valence-electron chi connectivity index (χ2n) is 3.94. The third-order valence-corrected chi connectivity index (χ3v) is 4.09. The number of hydrogen-bond donors (Lipinski definition) is 1. The van der Waals surface area contributed by atoms with Crippen molar-refractivity contribution in [3.63, 3.8) is 0 Å². The summed E-state index contributed by atoms with van der Waals surface area (Å²) in [5.41, 5.74) is 1.00. The van der Waals surface area contributed by atoms with Crippen LogP contribution in [0.25, 0.3) is 0 Å². The van der Waals surface area contributed by atoms with Gasteiger partial charge in [-0.05, 0) is 18.9 Å². The monoisotopic (exact) mass is 253 g/mol. The third-order valence-electron chi connectivity index (χ3n) is 2.46. The van der Waals surface area contributed by atoms with E-state index in [0.29, 0.717) is 12.3 Å². The lowest BCUT2D eigenvalue weighted by Crippen LogP contribution is -2.36. The summed E-state index contributed by atoms with van der Waals surface area (Å²) in [6.07, 6.45) is 0.893. The molecular formula is C13H19NO2S. The molecule has 0 unspecified atom stereocenters. The molecule has 0 spiro atoms. The van der Waals surface area contributed by atoms with Crippen molar-refractivity contribution < 1.29 is 9.00 Å². The minimum atomic E-state index is -1.16. The van der Waals surface area contributed by atoms with E-state index in [1.54, 1.807) is 6.92 Å². The Morgan fingerprint density at radius 2 is 2.00 bits per heavy atom. The molecule has 0 bridgehead atoms. The highest BCUT2D eigenvalue weighted by molar-refractivity contribution is 7.85. The molecule has 1 aromatic rings. The van der Waals surface area contributed by atoms with Crippen LogP contribution in [-0.2, 0) is 21.3 Å². The van der Waals surface area contributed by atoms with Crippen molar-refractivity contribution in [2.45, 2.75) is 31.3 Å². The van der Waals surface area contributed by atoms with Crippen LogP contribution in [-0.4, -0.2) is 21.9 Å². The van der Waals surface area contributed by atoms with Gasteiger partial charge in [-0.1, -0.05) is 37.3 Å². The molecule has 0 saturated heterocycles. The Balaban J connectivity index is 2.50. The van der Waals surface area contributed by atoms with Gasteiger partial charge in [-0.15, -0.1) is 0 Å². The number of carbonyl (C=O) groups excluding carboxylic acids is 1. The average Bonchev–Trinajstić information content (AvgIpc) is 2.36. The molecule has 0 aliphatic heterocycles. The van der Waals surface area contributed by atoms with Crippen LogP contribution in [0, 0.1) is 0 Å². The zero-order chi connectivity index (χ0) is 12.7. The zero-order valence-electron chi connectivity index (χ0n) is 10.3. The van der Waals surface area contributed by atoms with Gasteiger partial charge in [-0.2, -0.15) is 0 Å². The van der Waals surface area contributed by atoms with Crippen molar-refractivity contribution in [3.8, 4) is 0 Å². The van der Waals surface area contributed by atoms with Crippen LogP contribution in [0.15, 0.2) is 30.3 Å². The fraction of sp³-hybridized carbons (Fsp3) is 0.462. The molecule has 1 amide bonds. The largest absolute Gasteiger partial charge is 0.355 e. The molecule has 2 atom stereocenters. The van der Waals surface area contributed by atoms with Crippen LogP contribution in [0.1, 0.15) is 25.8 Å². The van der Waals surface area contributed by atoms with Gasteiger partial charge in [0.05, 0.1) is 0 Å². The van der Waals surface area contributed by atoms with E-state index in [1.165, 1.54) is 0 Å². The summed E-state index contributed by atoms with van der Waals surface area (Å²) < 4.78 is 12.0. The Kier molecular flexibility index (Phi) is 5.91. The smallest absolute Gasteiger partial charge is 0.235 e. The zero-order valence-corrected chi connectivity index (χ0v) is 11.1. The summed E-state index contributed by atoms with van der Waals surface area (Å²) in [5.74, 6) is 0.308. The SMILES string of the molecule is CCCNC(=O)[C@@H](C)[S@@](=O)Cc1ccccc1. The fourth-order valence-corrected chi connectivity index (χ4v) is 2.47. The molecule has 0 aliphatic carbocycles. The van der Waals surface area contributed by atoms with Crippen molar-refractivity contribution in [1.82, 2.24) is 5.32 Å². The van der Waals surface area contributed by atoms with Gasteiger partial charge in [0.25, 0.3) is 0 Å². The Morgan fingerprint density at radius 1 is 1.35 bits per heavy atom. The van der Waals surface area contributed by atoms with E-state index in [9.17, 15) is 9.00 Å². The topological polar surface area (TPSA) is 46.2 Å². The molecular weight excluding hydrogens is 234 g/mol. The summed E-state index contributed by atoms with van der Waals surface area (Å²) in [4.78, 5) is 11.6. The predicted molar refractivity (Wildman–Crippen MR) is 71.1 cm³/mol. The molecule has 1 rings (SSSR count). The van der Waals surface area contributed by atoms with E-state index >= 15 is 0 Å². The molecule has 0 aliphatic rings. The first kappa shape index (κ1) is 13.9. The molecule has 4 heteroatoms. The standard InChI is InChI=1S/C13H19NO2S/c1-3-9-14-13(15)11(2)17(16)10-12-7-5-4-6-8-12/h4-8,11H,3,9-10H2,1-2H3,(H,14,15)/t11-,17+/m1/s1. The lowest BCUT2D eigenvalue weighted by Gasteiger charge is -2.11. The molecule has 0 heterocycles. The second-order valence-corrected chi connectivity index (χ2v) is 5.70. The Bertz CT molecular complexity index is 378. The average molecular weight is 253 g/mol. The van der Waals surface area contributed by atoms with Gasteiger partial charge in [-0.25, -0.2) is 0 Å². The number of benzene rings is 1. The van der Waals surface area contributed by atoms with Gasteiger partial charge in [0, 0.05) is 23.1 Å². The molecule has 1 aromatic carbocycles. The van der Waals surface area contributed by atoms with E-state index in [0.717, 1.165) is 12.0 Å². The van der Waals surface area contributed by atoms with Gasteiger partial charge in [0.1, 0.15) is 5.25 Å². The molecule has 1 N–H and O–H groups in total. The molecule has 94 valence electrons. The van der Waals surface area contributed by atoms with E-state index in [1.807, 2.05) is 37.3 Å². The van der Waals surface area contributed by atoms with E-state index in [-0.39, 0.29) is 5.91 Å². The summed E-state index contributed by atoms with van der Waals surface area (Å²) in [6, 6.07) is 9.59. The minimum absolute atomic E-state index is 0.124. The van der Waals surface area contributed by atoms with Crippen LogP contribution < -0.4 is 5.32 Å². The van der Waals surface area contributed by atoms with Crippen LogP contribution in [0.2, 0.25) is 0 Å². The summed E-state index contributed by atoms with van der Waals surface area (Å²) in [7, 11) is -1.16. The summed E-state index contributed by atoms with van der Waals surface area (Å²) >= 11 is 0. The maximum absolute atomic E-state index is 12.0. The van der Waals surface area contributed by atoms with Crippen molar-refractivity contribution in [2.75, 3.05) is 6.54 Å². The molecule has 0 fully saturated rings. The third kappa shape index (κ3) is 4.69. The second kappa shape index (κ2) is 7.22. The van der Waals surface area contributed by atoms with Gasteiger partial charge in [0.2, 0.25) is 5.91 Å². The maximum atomic E-state index is 12.0. The minimum Gasteiger partial charge on any atom is -0.355 e. The first-order valence-corrected chi connectivity index (χ1v) is 7.22. The molecule has 0 aromatic heterocycles. The Hall–Kier alpha value is -1.16. The van der Waals surface area contributed by atoms with Crippen LogP contribution in [0.5, 0.6) is 0 Å². The highest BCUT2D eigenvalue weighted by Crippen LogP contribution is 2.07. The van der Waals surface area contributed by atoms with E-state index < -0.39 is 16.0 Å². The van der Waals surface area contributed by atoms with Crippen molar-refractivity contribution in [1.29, 1.82) is 0 Å². The lowest BCUT2D eigenvalue weighted by molar-refractivity contribution is -0.120. The normalized spacial score (nSPS) is 14.0. The number of amides is 1. The number of carbonyl (C=O) groups is 1. The molecule has 0 radical (unpaired) electrons. The van der Waals surface area contributed by atoms with Crippen LogP contribution >= 0.6 is 0 Å². The van der Waals surface area contributed by atoms with Gasteiger partial charge >= 0.3 is 0 Å². The highest BCUT2D eigenvalue weighted by atomic mass is 32.2. The Labute approximate surface area is 105 Å². The fourth-order valence-electron chi connectivity index (χ4n) is 1.37. The van der Waals surface area contributed by atoms with Crippen molar-refractivity contribution in [2.24, 2.45) is 0 Å². The van der Waals surface area contributed by atoms with E-state index in [2.05, 4.69) is 5.32 Å². The van der Waals surface area contributed by atoms with Crippen molar-refractivity contribution >= 4 is 16.7 Å².